The molecular weight excluding hydrogens is 169 g/mol. The van der Waals surface area contributed by atoms with Gasteiger partial charge in [-0.25, -0.2) is 4.39 Å². The van der Waals surface area contributed by atoms with Gasteiger partial charge in [-0.15, -0.1) is 0 Å². The van der Waals surface area contributed by atoms with Crippen LogP contribution in [0.2, 0.25) is 0 Å². The van der Waals surface area contributed by atoms with E-state index in [0.717, 1.165) is 5.56 Å². The standard InChI is InChI=1S/C10H14FNO/c1-7(12)5-8-6-9(11)3-4-10(8)13-2/h3-4,6-7H,5,12H2,1-2H3/t7-/m0/s1. The molecule has 0 fully saturated rings. The Morgan fingerprint density at radius 2 is 2.23 bits per heavy atom. The number of hydrogen-bond donors (Lipinski definition) is 1. The zero-order chi connectivity index (χ0) is 9.84. The summed E-state index contributed by atoms with van der Waals surface area (Å²) in [4.78, 5) is 0. The molecule has 0 aliphatic carbocycles. The summed E-state index contributed by atoms with van der Waals surface area (Å²) in [6.45, 7) is 1.88. The van der Waals surface area contributed by atoms with Crippen LogP contribution in [0, 0.1) is 5.82 Å². The minimum Gasteiger partial charge on any atom is -0.496 e. The van der Waals surface area contributed by atoms with E-state index in [1.165, 1.54) is 12.1 Å². The van der Waals surface area contributed by atoms with Crippen molar-refractivity contribution in [2.75, 3.05) is 7.11 Å². The zero-order valence-electron chi connectivity index (χ0n) is 7.88. The molecule has 0 saturated carbocycles. The Bertz CT molecular complexity index is 286. The van der Waals surface area contributed by atoms with Crippen LogP contribution < -0.4 is 10.5 Å². The van der Waals surface area contributed by atoms with Crippen LogP contribution in [0.5, 0.6) is 5.75 Å². The highest BCUT2D eigenvalue weighted by Gasteiger charge is 2.06. The Balaban J connectivity index is 2.94. The van der Waals surface area contributed by atoms with E-state index >= 15 is 0 Å². The molecule has 0 aliphatic heterocycles. The number of nitrogens with two attached hydrogens (primary N) is 1. The highest BCUT2D eigenvalue weighted by atomic mass is 19.1. The highest BCUT2D eigenvalue weighted by Crippen LogP contribution is 2.20. The van der Waals surface area contributed by atoms with E-state index in [-0.39, 0.29) is 11.9 Å². The van der Waals surface area contributed by atoms with Crippen LogP contribution in [0.3, 0.4) is 0 Å². The largest absolute Gasteiger partial charge is 0.496 e. The van der Waals surface area contributed by atoms with Crippen LogP contribution in [0.4, 0.5) is 4.39 Å². The number of hydrogen-bond acceptors (Lipinski definition) is 2. The minimum absolute atomic E-state index is 0.00991. The lowest BCUT2D eigenvalue weighted by molar-refractivity contribution is 0.407. The molecule has 2 N–H and O–H groups in total. The van der Waals surface area contributed by atoms with Crippen LogP contribution in [0.25, 0.3) is 0 Å². The van der Waals surface area contributed by atoms with Crippen LogP contribution in [0.15, 0.2) is 18.2 Å². The van der Waals surface area contributed by atoms with E-state index in [4.69, 9.17) is 10.5 Å². The molecule has 72 valence electrons. The summed E-state index contributed by atoms with van der Waals surface area (Å²) < 4.78 is 17.9. The maximum absolute atomic E-state index is 12.8. The molecule has 0 unspecified atom stereocenters. The van der Waals surface area contributed by atoms with Gasteiger partial charge in [0.25, 0.3) is 0 Å². The third kappa shape index (κ3) is 2.70. The lowest BCUT2D eigenvalue weighted by Crippen LogP contribution is -2.18. The first kappa shape index (κ1) is 9.99. The van der Waals surface area contributed by atoms with Gasteiger partial charge >= 0.3 is 0 Å². The second-order valence-electron chi connectivity index (χ2n) is 3.14. The van der Waals surface area contributed by atoms with Crippen molar-refractivity contribution < 1.29 is 9.13 Å². The molecule has 0 radical (unpaired) electrons. The molecule has 0 aromatic heterocycles. The first-order valence-corrected chi connectivity index (χ1v) is 4.21. The molecule has 13 heavy (non-hydrogen) atoms. The summed E-state index contributed by atoms with van der Waals surface area (Å²) >= 11 is 0. The molecule has 0 spiro atoms. The van der Waals surface area contributed by atoms with Crippen molar-refractivity contribution in [3.8, 4) is 5.75 Å². The normalized spacial score (nSPS) is 12.6. The summed E-state index contributed by atoms with van der Waals surface area (Å²) in [5, 5.41) is 0. The van der Waals surface area contributed by atoms with E-state index in [1.807, 2.05) is 6.92 Å². The van der Waals surface area contributed by atoms with Gasteiger partial charge in [0.1, 0.15) is 11.6 Å². The predicted molar refractivity (Wildman–Crippen MR) is 50.3 cm³/mol. The molecule has 3 heteroatoms. The summed E-state index contributed by atoms with van der Waals surface area (Å²) in [6.07, 6.45) is 0.626. The van der Waals surface area contributed by atoms with E-state index in [1.54, 1.807) is 13.2 Å². The van der Waals surface area contributed by atoms with Crippen LogP contribution in [-0.4, -0.2) is 13.2 Å². The van der Waals surface area contributed by atoms with E-state index in [9.17, 15) is 4.39 Å². The summed E-state index contributed by atoms with van der Waals surface area (Å²) in [5.74, 6) is 0.440. The molecule has 1 aromatic rings. The average Bonchev–Trinajstić information content (AvgIpc) is 2.03. The second kappa shape index (κ2) is 4.23. The van der Waals surface area contributed by atoms with E-state index in [2.05, 4.69) is 0 Å². The molecule has 0 aliphatic rings. The Labute approximate surface area is 77.5 Å². The van der Waals surface area contributed by atoms with Crippen LogP contribution in [-0.2, 0) is 6.42 Å². The third-order valence-corrected chi connectivity index (χ3v) is 1.78. The SMILES string of the molecule is COc1ccc(F)cc1C[C@H](C)N. The highest BCUT2D eigenvalue weighted by molar-refractivity contribution is 5.34. The van der Waals surface area contributed by atoms with Gasteiger partial charge in [0.05, 0.1) is 7.11 Å². The molecule has 1 rings (SSSR count). The fourth-order valence-corrected chi connectivity index (χ4v) is 1.25. The third-order valence-electron chi connectivity index (χ3n) is 1.78. The molecule has 2 nitrogen and oxygen atoms in total. The quantitative estimate of drug-likeness (QED) is 0.774. The topological polar surface area (TPSA) is 35.2 Å². The lowest BCUT2D eigenvalue weighted by atomic mass is 10.1. The average molecular weight is 183 g/mol. The molecular formula is C10H14FNO. The van der Waals surface area contributed by atoms with Crippen molar-refractivity contribution >= 4 is 0 Å². The van der Waals surface area contributed by atoms with Gasteiger partial charge in [-0.2, -0.15) is 0 Å². The van der Waals surface area contributed by atoms with Crippen LogP contribution >= 0.6 is 0 Å². The molecule has 1 atom stereocenters. The molecule has 1 aromatic carbocycles. The molecule has 0 amide bonds. The van der Waals surface area contributed by atoms with Gasteiger partial charge in [0.2, 0.25) is 0 Å². The molecule has 0 saturated heterocycles. The number of halogens is 1. The monoisotopic (exact) mass is 183 g/mol. The number of benzene rings is 1. The van der Waals surface area contributed by atoms with Gasteiger partial charge in [0, 0.05) is 6.04 Å². The number of ether oxygens (including phenoxy) is 1. The van der Waals surface area contributed by atoms with E-state index in [0.29, 0.717) is 12.2 Å². The number of rotatable bonds is 3. The first-order chi connectivity index (χ1) is 6.13. The van der Waals surface area contributed by atoms with Gasteiger partial charge < -0.3 is 10.5 Å². The molecule has 0 heterocycles. The van der Waals surface area contributed by atoms with Crippen LogP contribution in [0.1, 0.15) is 12.5 Å². The van der Waals surface area contributed by atoms with Crippen molar-refractivity contribution in [2.45, 2.75) is 19.4 Å². The minimum atomic E-state index is -0.253. The Kier molecular flexibility index (Phi) is 3.25. The summed E-state index contributed by atoms with van der Waals surface area (Å²) in [7, 11) is 1.57. The summed E-state index contributed by atoms with van der Waals surface area (Å²) in [5.41, 5.74) is 6.44. The van der Waals surface area contributed by atoms with Crippen molar-refractivity contribution in [1.82, 2.24) is 0 Å². The fourth-order valence-electron chi connectivity index (χ4n) is 1.25. The van der Waals surface area contributed by atoms with Gasteiger partial charge in [-0.3, -0.25) is 0 Å². The van der Waals surface area contributed by atoms with E-state index < -0.39 is 0 Å². The Morgan fingerprint density at radius 3 is 2.77 bits per heavy atom. The Hall–Kier alpha value is -1.09. The number of methoxy groups -OCH3 is 1. The van der Waals surface area contributed by atoms with Crippen molar-refractivity contribution in [3.63, 3.8) is 0 Å². The Morgan fingerprint density at radius 1 is 1.54 bits per heavy atom. The van der Waals surface area contributed by atoms with Crippen molar-refractivity contribution in [1.29, 1.82) is 0 Å². The lowest BCUT2D eigenvalue weighted by Gasteiger charge is -2.10. The van der Waals surface area contributed by atoms with Gasteiger partial charge in [-0.05, 0) is 37.1 Å². The zero-order valence-corrected chi connectivity index (χ0v) is 7.88. The second-order valence-corrected chi connectivity index (χ2v) is 3.14. The first-order valence-electron chi connectivity index (χ1n) is 4.21. The fraction of sp³-hybridized carbons (Fsp3) is 0.400. The van der Waals surface area contributed by atoms with Crippen molar-refractivity contribution in [2.24, 2.45) is 5.73 Å². The smallest absolute Gasteiger partial charge is 0.123 e. The van der Waals surface area contributed by atoms with Crippen molar-refractivity contribution in [3.05, 3.63) is 29.6 Å². The maximum Gasteiger partial charge on any atom is 0.123 e. The molecule has 0 bridgehead atoms. The maximum atomic E-state index is 12.8. The summed E-state index contributed by atoms with van der Waals surface area (Å²) in [6, 6.07) is 4.47. The predicted octanol–water partition coefficient (Wildman–Crippen LogP) is 1.72. The van der Waals surface area contributed by atoms with Gasteiger partial charge in [0.15, 0.2) is 0 Å². The van der Waals surface area contributed by atoms with Gasteiger partial charge in [-0.1, -0.05) is 0 Å².